The number of anilines is 1. The molecule has 58 valence electrons. The second-order valence-electron chi connectivity index (χ2n) is 1.76. The number of rotatable bonds is 3. The Morgan fingerprint density at radius 3 is 3.00 bits per heavy atom. The summed E-state index contributed by atoms with van der Waals surface area (Å²) in [5.41, 5.74) is 5.28. The molecule has 1 aromatic heterocycles. The van der Waals surface area contributed by atoms with Gasteiger partial charge >= 0.3 is 0 Å². The van der Waals surface area contributed by atoms with Gasteiger partial charge < -0.3 is 10.5 Å². The Balaban J connectivity index is 2.40. The third-order valence-electron chi connectivity index (χ3n) is 0.967. The lowest BCUT2D eigenvalue weighted by atomic mass is 10.5. The molecule has 0 amide bonds. The average molecular weight is 153 g/mol. The number of nitrogens with two attached hydrogens (primary N) is 1. The summed E-state index contributed by atoms with van der Waals surface area (Å²) in [4.78, 5) is 0. The summed E-state index contributed by atoms with van der Waals surface area (Å²) in [5.74, 6) is 2.74. The highest BCUT2D eigenvalue weighted by atomic mass is 16.6. The first kappa shape index (κ1) is 7.41. The SMILES string of the molecule is C#CCCOc1nonc1N. The Kier molecular flexibility index (Phi) is 2.33. The molecule has 0 atom stereocenters. The molecule has 0 aliphatic carbocycles. The van der Waals surface area contributed by atoms with Crippen LogP contribution >= 0.6 is 0 Å². The Morgan fingerprint density at radius 2 is 2.45 bits per heavy atom. The maximum Gasteiger partial charge on any atom is 0.300 e. The van der Waals surface area contributed by atoms with Gasteiger partial charge in [0.1, 0.15) is 6.61 Å². The maximum absolute atomic E-state index is 5.28. The van der Waals surface area contributed by atoms with Gasteiger partial charge in [0.2, 0.25) is 5.82 Å². The zero-order chi connectivity index (χ0) is 8.10. The summed E-state index contributed by atoms with van der Waals surface area (Å²) < 4.78 is 9.26. The van der Waals surface area contributed by atoms with Gasteiger partial charge in [-0.3, -0.25) is 0 Å². The van der Waals surface area contributed by atoms with Gasteiger partial charge in [0.25, 0.3) is 5.88 Å². The Morgan fingerprint density at radius 1 is 1.64 bits per heavy atom. The van der Waals surface area contributed by atoms with E-state index in [4.69, 9.17) is 16.9 Å². The van der Waals surface area contributed by atoms with Crippen molar-refractivity contribution >= 4 is 5.82 Å². The van der Waals surface area contributed by atoms with Crippen LogP contribution in [0.15, 0.2) is 4.63 Å². The van der Waals surface area contributed by atoms with Gasteiger partial charge in [-0.1, -0.05) is 0 Å². The number of aromatic nitrogens is 2. The minimum Gasteiger partial charge on any atom is -0.472 e. The van der Waals surface area contributed by atoms with Crippen molar-refractivity contribution in [2.45, 2.75) is 6.42 Å². The van der Waals surface area contributed by atoms with Crippen LogP contribution in [0.1, 0.15) is 6.42 Å². The standard InChI is InChI=1S/C6H7N3O2/c1-2-3-4-10-6-5(7)8-11-9-6/h1H,3-4H2,(H2,7,8). The summed E-state index contributed by atoms with van der Waals surface area (Å²) in [7, 11) is 0. The molecule has 0 spiro atoms. The van der Waals surface area contributed by atoms with Crippen molar-refractivity contribution in [3.63, 3.8) is 0 Å². The molecule has 0 unspecified atom stereocenters. The molecule has 0 aliphatic heterocycles. The van der Waals surface area contributed by atoms with Gasteiger partial charge in [0.15, 0.2) is 0 Å². The van der Waals surface area contributed by atoms with Crippen molar-refractivity contribution in [1.82, 2.24) is 10.3 Å². The molecule has 1 rings (SSSR count). The van der Waals surface area contributed by atoms with E-state index in [1.807, 2.05) is 0 Å². The van der Waals surface area contributed by atoms with E-state index in [1.165, 1.54) is 0 Å². The maximum atomic E-state index is 5.28. The molecule has 1 aromatic rings. The molecule has 0 aromatic carbocycles. The number of nitrogens with zero attached hydrogens (tertiary/aromatic N) is 2. The molecule has 0 saturated carbocycles. The van der Waals surface area contributed by atoms with Gasteiger partial charge in [0, 0.05) is 6.42 Å². The van der Waals surface area contributed by atoms with Gasteiger partial charge in [-0.15, -0.1) is 12.3 Å². The van der Waals surface area contributed by atoms with Crippen LogP contribution in [-0.2, 0) is 0 Å². The van der Waals surface area contributed by atoms with Crippen molar-refractivity contribution < 1.29 is 9.37 Å². The highest BCUT2D eigenvalue weighted by Crippen LogP contribution is 2.13. The third kappa shape index (κ3) is 1.86. The summed E-state index contributed by atoms with van der Waals surface area (Å²) in [5, 5.41) is 6.70. The van der Waals surface area contributed by atoms with Crippen molar-refractivity contribution in [3.8, 4) is 18.2 Å². The Hall–Kier alpha value is -1.70. The smallest absolute Gasteiger partial charge is 0.300 e. The van der Waals surface area contributed by atoms with E-state index >= 15 is 0 Å². The van der Waals surface area contributed by atoms with Crippen LogP contribution in [0, 0.1) is 12.3 Å². The van der Waals surface area contributed by atoms with Gasteiger partial charge in [0.05, 0.1) is 0 Å². The van der Waals surface area contributed by atoms with Crippen molar-refractivity contribution in [2.24, 2.45) is 0 Å². The first-order valence-corrected chi connectivity index (χ1v) is 2.99. The highest BCUT2D eigenvalue weighted by molar-refractivity contribution is 5.36. The monoisotopic (exact) mass is 153 g/mol. The quantitative estimate of drug-likeness (QED) is 0.490. The lowest BCUT2D eigenvalue weighted by Gasteiger charge is -1.96. The van der Waals surface area contributed by atoms with E-state index in [0.717, 1.165) is 0 Å². The van der Waals surface area contributed by atoms with Crippen LogP contribution in [0.4, 0.5) is 5.82 Å². The molecule has 0 fully saturated rings. The van der Waals surface area contributed by atoms with E-state index in [1.54, 1.807) is 0 Å². The molecule has 0 aliphatic rings. The molecule has 1 heterocycles. The van der Waals surface area contributed by atoms with Gasteiger partial charge in [-0.2, -0.15) is 0 Å². The highest BCUT2D eigenvalue weighted by Gasteiger charge is 2.04. The fraction of sp³-hybridized carbons (Fsp3) is 0.333. The van der Waals surface area contributed by atoms with Crippen LogP contribution in [0.3, 0.4) is 0 Å². The third-order valence-corrected chi connectivity index (χ3v) is 0.967. The van der Waals surface area contributed by atoms with E-state index in [2.05, 4.69) is 20.9 Å². The van der Waals surface area contributed by atoms with Crippen LogP contribution in [0.2, 0.25) is 0 Å². The van der Waals surface area contributed by atoms with Crippen molar-refractivity contribution in [3.05, 3.63) is 0 Å². The van der Waals surface area contributed by atoms with Gasteiger partial charge in [-0.05, 0) is 10.3 Å². The second-order valence-corrected chi connectivity index (χ2v) is 1.76. The molecule has 11 heavy (non-hydrogen) atoms. The molecular formula is C6H7N3O2. The fourth-order valence-corrected chi connectivity index (χ4v) is 0.494. The van der Waals surface area contributed by atoms with E-state index in [9.17, 15) is 0 Å². The zero-order valence-corrected chi connectivity index (χ0v) is 5.78. The zero-order valence-electron chi connectivity index (χ0n) is 5.78. The number of hydrogen-bond acceptors (Lipinski definition) is 5. The molecule has 2 N–H and O–H groups in total. The number of ether oxygens (including phenoxy) is 1. The predicted octanol–water partition coefficient (Wildman–Crippen LogP) is 0.0539. The number of terminal acetylenes is 1. The molecule has 5 heteroatoms. The Labute approximate surface area is 63.5 Å². The van der Waals surface area contributed by atoms with Crippen molar-refractivity contribution in [1.29, 1.82) is 0 Å². The summed E-state index contributed by atoms with van der Waals surface area (Å²) in [6.45, 7) is 0.370. The van der Waals surface area contributed by atoms with E-state index < -0.39 is 0 Å². The summed E-state index contributed by atoms with van der Waals surface area (Å²) >= 11 is 0. The normalized spacial score (nSPS) is 9.00. The molecule has 0 saturated heterocycles. The second kappa shape index (κ2) is 3.46. The number of hydrogen-bond donors (Lipinski definition) is 1. The predicted molar refractivity (Wildman–Crippen MR) is 37.7 cm³/mol. The van der Waals surface area contributed by atoms with Crippen molar-refractivity contribution in [2.75, 3.05) is 12.3 Å². The van der Waals surface area contributed by atoms with Crippen LogP contribution < -0.4 is 10.5 Å². The fourth-order valence-electron chi connectivity index (χ4n) is 0.494. The topological polar surface area (TPSA) is 74.2 Å². The lowest BCUT2D eigenvalue weighted by molar-refractivity contribution is 0.259. The molecule has 0 bridgehead atoms. The van der Waals surface area contributed by atoms with Crippen LogP contribution in [-0.4, -0.2) is 16.9 Å². The largest absolute Gasteiger partial charge is 0.472 e. The lowest BCUT2D eigenvalue weighted by Crippen LogP contribution is -1.98. The summed E-state index contributed by atoms with van der Waals surface area (Å²) in [6.07, 6.45) is 5.49. The minimum atomic E-state index is 0.141. The van der Waals surface area contributed by atoms with Gasteiger partial charge in [-0.25, -0.2) is 4.63 Å². The first-order chi connectivity index (χ1) is 5.34. The molecule has 5 nitrogen and oxygen atoms in total. The molecule has 0 radical (unpaired) electrons. The Bertz CT molecular complexity index is 263. The average Bonchev–Trinajstić information content (AvgIpc) is 2.37. The first-order valence-electron chi connectivity index (χ1n) is 2.99. The molecular weight excluding hydrogens is 146 g/mol. The summed E-state index contributed by atoms with van der Waals surface area (Å²) in [6, 6.07) is 0. The number of nitrogen functional groups attached to an aromatic ring is 1. The minimum absolute atomic E-state index is 0.141. The van der Waals surface area contributed by atoms with Crippen LogP contribution in [0.25, 0.3) is 0 Å². The van der Waals surface area contributed by atoms with E-state index in [0.29, 0.717) is 13.0 Å². The van der Waals surface area contributed by atoms with Crippen LogP contribution in [0.5, 0.6) is 5.88 Å². The van der Waals surface area contributed by atoms with E-state index in [-0.39, 0.29) is 11.7 Å².